The molecule has 0 fully saturated rings. The zero-order chi connectivity index (χ0) is 18.2. The molecule has 0 saturated carbocycles. The second-order valence-corrected chi connectivity index (χ2v) is 6.23. The number of nitrogens with one attached hydrogen (secondary N) is 1. The van der Waals surface area contributed by atoms with Gasteiger partial charge in [0.2, 0.25) is 0 Å². The maximum Gasteiger partial charge on any atom is 0.279 e. The monoisotopic (exact) mass is 343 g/mol. The molecule has 5 heteroatoms. The molecular weight excluding hydrogens is 316 g/mol. The zero-order valence-electron chi connectivity index (χ0n) is 15.3. The van der Waals surface area contributed by atoms with E-state index >= 15 is 0 Å². The molecule has 0 radical (unpaired) electrons. The molecular formula is C20H27N2O3+. The van der Waals surface area contributed by atoms with Gasteiger partial charge in [-0.05, 0) is 12.1 Å². The van der Waals surface area contributed by atoms with E-state index in [-0.39, 0.29) is 11.9 Å². The fraction of sp³-hybridized carbons (Fsp3) is 0.350. The topological polar surface area (TPSA) is 64.2 Å². The van der Waals surface area contributed by atoms with Crippen molar-refractivity contribution >= 4 is 11.6 Å². The Morgan fingerprint density at radius 3 is 2.40 bits per heavy atom. The number of amides is 1. The highest BCUT2D eigenvalue weighted by Gasteiger charge is 2.20. The third-order valence-corrected chi connectivity index (χ3v) is 4.14. The fourth-order valence-corrected chi connectivity index (χ4v) is 2.81. The van der Waals surface area contributed by atoms with Crippen LogP contribution < -0.4 is 20.1 Å². The number of ether oxygens (including phenoxy) is 2. The second-order valence-electron chi connectivity index (χ2n) is 6.23. The van der Waals surface area contributed by atoms with Crippen molar-refractivity contribution in [1.82, 2.24) is 0 Å². The molecule has 3 N–H and O–H groups in total. The molecule has 0 spiro atoms. The zero-order valence-corrected chi connectivity index (χ0v) is 15.3. The molecule has 0 bridgehead atoms. The Labute approximate surface area is 149 Å². The lowest BCUT2D eigenvalue weighted by atomic mass is 9.96. The molecule has 2 aromatic rings. The lowest BCUT2D eigenvalue weighted by Crippen LogP contribution is -2.88. The first-order valence-corrected chi connectivity index (χ1v) is 8.45. The summed E-state index contributed by atoms with van der Waals surface area (Å²) in [5.74, 6) is 1.62. The second kappa shape index (κ2) is 9.08. The largest absolute Gasteiger partial charge is 0.497 e. The van der Waals surface area contributed by atoms with Crippen LogP contribution in [0.4, 0.5) is 5.69 Å². The number of rotatable bonds is 8. The molecule has 25 heavy (non-hydrogen) atoms. The van der Waals surface area contributed by atoms with Gasteiger partial charge in [-0.15, -0.1) is 0 Å². The minimum Gasteiger partial charge on any atom is -0.497 e. The molecule has 0 aliphatic carbocycles. The molecule has 0 saturated heterocycles. The van der Waals surface area contributed by atoms with Crippen molar-refractivity contribution in [3.8, 4) is 11.5 Å². The molecule has 0 aliphatic heterocycles. The molecule has 1 amide bonds. The molecule has 0 unspecified atom stereocenters. The van der Waals surface area contributed by atoms with Gasteiger partial charge >= 0.3 is 0 Å². The molecule has 5 nitrogen and oxygen atoms in total. The van der Waals surface area contributed by atoms with Crippen LogP contribution in [0, 0.1) is 5.92 Å². The molecule has 0 aromatic heterocycles. The highest BCUT2D eigenvalue weighted by Crippen LogP contribution is 2.28. The van der Waals surface area contributed by atoms with Crippen LogP contribution in [-0.2, 0) is 4.79 Å². The minimum absolute atomic E-state index is 0.0648. The summed E-state index contributed by atoms with van der Waals surface area (Å²) in [6.45, 7) is 4.67. The Balaban J connectivity index is 2.00. The first kappa shape index (κ1) is 18.8. The van der Waals surface area contributed by atoms with Gasteiger partial charge in [0.15, 0.2) is 6.54 Å². The summed E-state index contributed by atoms with van der Waals surface area (Å²) < 4.78 is 10.5. The van der Waals surface area contributed by atoms with Gasteiger partial charge in [-0.2, -0.15) is 0 Å². The molecule has 1 atom stereocenters. The molecule has 0 heterocycles. The smallest absolute Gasteiger partial charge is 0.279 e. The van der Waals surface area contributed by atoms with Crippen molar-refractivity contribution in [3.63, 3.8) is 0 Å². The Bertz CT molecular complexity index is 687. The van der Waals surface area contributed by atoms with Crippen LogP contribution in [-0.4, -0.2) is 26.7 Å². The van der Waals surface area contributed by atoms with E-state index in [4.69, 9.17) is 9.47 Å². The number of quaternary nitrogens is 1. The first-order valence-electron chi connectivity index (χ1n) is 8.45. The number of nitrogens with two attached hydrogens (primary N) is 1. The van der Waals surface area contributed by atoms with Gasteiger partial charge in [-0.3, -0.25) is 4.79 Å². The number of carbonyl (C=O) groups excluding carboxylic acids is 1. The SMILES string of the molecule is COc1ccc(NC(=O)C[NH2+][C@H](c2ccccc2)C(C)C)c(OC)c1. The predicted octanol–water partition coefficient (Wildman–Crippen LogP) is 2.60. The maximum atomic E-state index is 12.4. The van der Waals surface area contributed by atoms with Gasteiger partial charge < -0.3 is 20.1 Å². The normalized spacial score (nSPS) is 11.9. The van der Waals surface area contributed by atoms with Gasteiger partial charge in [-0.1, -0.05) is 44.2 Å². The summed E-state index contributed by atoms with van der Waals surface area (Å²) in [7, 11) is 3.17. The molecule has 134 valence electrons. The van der Waals surface area contributed by atoms with Crippen molar-refractivity contribution in [3.05, 3.63) is 54.1 Å². The maximum absolute atomic E-state index is 12.4. The van der Waals surface area contributed by atoms with E-state index in [9.17, 15) is 4.79 Å². The summed E-state index contributed by atoms with van der Waals surface area (Å²) in [4.78, 5) is 12.4. The van der Waals surface area contributed by atoms with Gasteiger partial charge in [-0.25, -0.2) is 0 Å². The van der Waals surface area contributed by atoms with E-state index in [1.165, 1.54) is 5.56 Å². The third-order valence-electron chi connectivity index (χ3n) is 4.14. The lowest BCUT2D eigenvalue weighted by molar-refractivity contribution is -0.692. The van der Waals surface area contributed by atoms with Crippen LogP contribution in [0.5, 0.6) is 11.5 Å². The van der Waals surface area contributed by atoms with Gasteiger partial charge in [0.1, 0.15) is 17.5 Å². The van der Waals surface area contributed by atoms with Crippen molar-refractivity contribution in [2.45, 2.75) is 19.9 Å². The van der Waals surface area contributed by atoms with Crippen molar-refractivity contribution < 1.29 is 19.6 Å². The van der Waals surface area contributed by atoms with E-state index < -0.39 is 0 Å². The van der Waals surface area contributed by atoms with E-state index in [2.05, 4.69) is 36.6 Å². The number of methoxy groups -OCH3 is 2. The van der Waals surface area contributed by atoms with Crippen LogP contribution in [0.25, 0.3) is 0 Å². The number of benzene rings is 2. The van der Waals surface area contributed by atoms with Crippen molar-refractivity contribution in [2.75, 3.05) is 26.1 Å². The standard InChI is InChI=1S/C20H26N2O3/c1-14(2)20(15-8-6-5-7-9-15)21-13-19(23)22-17-11-10-16(24-3)12-18(17)25-4/h5-12,14,20-21H,13H2,1-4H3,(H,22,23)/p+1/t20-/m0/s1. The minimum atomic E-state index is -0.0648. The summed E-state index contributed by atoms with van der Waals surface area (Å²) in [5.41, 5.74) is 1.87. The number of anilines is 1. The average Bonchev–Trinajstić information content (AvgIpc) is 2.62. The number of hydrogen-bond donors (Lipinski definition) is 2. The van der Waals surface area contributed by atoms with Crippen LogP contribution >= 0.6 is 0 Å². The molecule has 2 aromatic carbocycles. The van der Waals surface area contributed by atoms with Crippen LogP contribution in [0.15, 0.2) is 48.5 Å². The summed E-state index contributed by atoms with van der Waals surface area (Å²) in [6.07, 6.45) is 0. The van der Waals surface area contributed by atoms with Crippen LogP contribution in [0.1, 0.15) is 25.5 Å². The Hall–Kier alpha value is -2.53. The van der Waals surface area contributed by atoms with E-state index in [0.29, 0.717) is 29.6 Å². The van der Waals surface area contributed by atoms with Crippen molar-refractivity contribution in [2.24, 2.45) is 5.92 Å². The Morgan fingerprint density at radius 2 is 1.80 bits per heavy atom. The van der Waals surface area contributed by atoms with E-state index in [1.54, 1.807) is 32.4 Å². The Kier molecular flexibility index (Phi) is 6.83. The molecule has 2 rings (SSSR count). The lowest BCUT2D eigenvalue weighted by Gasteiger charge is -2.19. The summed E-state index contributed by atoms with van der Waals surface area (Å²) in [5, 5.41) is 4.98. The Morgan fingerprint density at radius 1 is 1.08 bits per heavy atom. The predicted molar refractivity (Wildman–Crippen MR) is 99.0 cm³/mol. The average molecular weight is 343 g/mol. The summed E-state index contributed by atoms with van der Waals surface area (Å²) in [6, 6.07) is 15.8. The highest BCUT2D eigenvalue weighted by atomic mass is 16.5. The number of hydrogen-bond acceptors (Lipinski definition) is 3. The quantitative estimate of drug-likeness (QED) is 0.774. The fourth-order valence-electron chi connectivity index (χ4n) is 2.81. The van der Waals surface area contributed by atoms with Crippen LogP contribution in [0.2, 0.25) is 0 Å². The first-order chi connectivity index (χ1) is 12.0. The van der Waals surface area contributed by atoms with Gasteiger partial charge in [0, 0.05) is 17.5 Å². The van der Waals surface area contributed by atoms with Crippen LogP contribution in [0.3, 0.4) is 0 Å². The molecule has 0 aliphatic rings. The third kappa shape index (κ3) is 5.22. The van der Waals surface area contributed by atoms with Gasteiger partial charge in [0.05, 0.1) is 19.9 Å². The van der Waals surface area contributed by atoms with Gasteiger partial charge in [0.25, 0.3) is 5.91 Å². The number of carbonyl (C=O) groups is 1. The van der Waals surface area contributed by atoms with E-state index in [1.807, 2.05) is 18.2 Å². The van der Waals surface area contributed by atoms with Crippen molar-refractivity contribution in [1.29, 1.82) is 0 Å². The highest BCUT2D eigenvalue weighted by molar-refractivity contribution is 5.93. The summed E-state index contributed by atoms with van der Waals surface area (Å²) >= 11 is 0. The van der Waals surface area contributed by atoms with E-state index in [0.717, 1.165) is 0 Å².